The molecule has 0 saturated carbocycles. The molecule has 17 heteroatoms. The maximum atomic E-state index is 15.5. The van der Waals surface area contributed by atoms with E-state index < -0.39 is 11.7 Å². The molecule has 0 atom stereocenters. The first-order valence-electron chi connectivity index (χ1n) is 20.7. The van der Waals surface area contributed by atoms with Crippen molar-refractivity contribution in [1.29, 1.82) is 0 Å². The van der Waals surface area contributed by atoms with E-state index in [1.165, 1.54) is 4.90 Å². The largest absolute Gasteiger partial charge is 0.369 e. The van der Waals surface area contributed by atoms with Crippen LogP contribution in [-0.4, -0.2) is 96.0 Å². The minimum atomic E-state index is -0.700. The number of primary amides is 1. The first kappa shape index (κ1) is 42.1. The smallest absolute Gasteiger partial charge is 0.328 e. The first-order chi connectivity index (χ1) is 30.1. The summed E-state index contributed by atoms with van der Waals surface area (Å²) in [5, 5.41) is 7.82. The van der Waals surface area contributed by atoms with E-state index in [0.717, 1.165) is 82.6 Å². The number of nitrogens with one attached hydrogen (secondary N) is 3. The number of amides is 5. The van der Waals surface area contributed by atoms with Gasteiger partial charge in [-0.2, -0.15) is 4.98 Å². The Hall–Kier alpha value is -6.62. The Balaban J connectivity index is 0.792. The summed E-state index contributed by atoms with van der Waals surface area (Å²) in [6, 6.07) is 27.8. The van der Waals surface area contributed by atoms with Crippen molar-refractivity contribution in [3.05, 3.63) is 125 Å². The molecule has 320 valence electrons. The van der Waals surface area contributed by atoms with E-state index in [1.807, 2.05) is 29.3 Å². The van der Waals surface area contributed by atoms with Crippen LogP contribution in [0.2, 0.25) is 5.02 Å². The number of aromatic nitrogens is 2. The SMILES string of the molecule is NC(=O)c1ccc(N(c2ccccc2Cl)c2nc(Nc3ccc(C(=O)NN4CCC(CCN5CCN(c6ccc(N7CCC(=O)NC7=O)cc6)CC5)CC4)cc3)ncc2F)cc1. The van der Waals surface area contributed by atoms with Crippen LogP contribution in [-0.2, 0) is 4.79 Å². The number of urea groups is 1. The molecule has 0 bridgehead atoms. The number of hydrazine groups is 1. The molecule has 8 rings (SSSR count). The highest BCUT2D eigenvalue weighted by atomic mass is 35.5. The average molecular weight is 860 g/mol. The van der Waals surface area contributed by atoms with E-state index >= 15 is 4.39 Å². The highest BCUT2D eigenvalue weighted by Crippen LogP contribution is 2.39. The molecule has 5 aromatic rings. The van der Waals surface area contributed by atoms with Crippen LogP contribution in [0.4, 0.5) is 49.4 Å². The van der Waals surface area contributed by atoms with Crippen LogP contribution in [0.15, 0.2) is 103 Å². The van der Waals surface area contributed by atoms with Crippen molar-refractivity contribution in [1.82, 2.24) is 30.6 Å². The molecule has 3 fully saturated rings. The van der Waals surface area contributed by atoms with Gasteiger partial charge in [0.05, 0.1) is 16.9 Å². The van der Waals surface area contributed by atoms with Gasteiger partial charge in [-0.05, 0) is 117 Å². The third-order valence-electron chi connectivity index (χ3n) is 11.5. The van der Waals surface area contributed by atoms with Crippen LogP contribution in [0.25, 0.3) is 0 Å². The molecule has 0 radical (unpaired) electrons. The zero-order chi connectivity index (χ0) is 43.2. The second kappa shape index (κ2) is 19.0. The number of rotatable bonds is 13. The molecule has 0 unspecified atom stereocenters. The van der Waals surface area contributed by atoms with Gasteiger partial charge in [0.1, 0.15) is 0 Å². The number of piperidine rings is 1. The molecule has 0 spiro atoms. The zero-order valence-electron chi connectivity index (χ0n) is 34.0. The number of para-hydroxylation sites is 1. The second-order valence-electron chi connectivity index (χ2n) is 15.5. The topological polar surface area (TPSA) is 172 Å². The average Bonchev–Trinajstić information content (AvgIpc) is 3.28. The molecular weight excluding hydrogens is 813 g/mol. The van der Waals surface area contributed by atoms with Crippen LogP contribution in [0.3, 0.4) is 0 Å². The van der Waals surface area contributed by atoms with Crippen molar-refractivity contribution < 1.29 is 23.6 Å². The Morgan fingerprint density at radius 2 is 1.52 bits per heavy atom. The lowest BCUT2D eigenvalue weighted by Gasteiger charge is -2.38. The lowest BCUT2D eigenvalue weighted by Crippen LogP contribution is -2.49. The summed E-state index contributed by atoms with van der Waals surface area (Å²) in [6.07, 6.45) is 4.49. The Morgan fingerprint density at radius 1 is 0.839 bits per heavy atom. The normalized spacial score (nSPS) is 16.5. The molecule has 62 heavy (non-hydrogen) atoms. The number of carbonyl (C=O) groups excluding carboxylic acids is 4. The molecule has 4 aromatic carbocycles. The molecule has 3 aliphatic heterocycles. The summed E-state index contributed by atoms with van der Waals surface area (Å²) < 4.78 is 15.5. The number of nitrogens with zero attached hydrogens (tertiary/aromatic N) is 7. The van der Waals surface area contributed by atoms with E-state index in [4.69, 9.17) is 17.3 Å². The highest BCUT2D eigenvalue weighted by molar-refractivity contribution is 6.33. The maximum Gasteiger partial charge on any atom is 0.328 e. The molecule has 0 aliphatic carbocycles. The third kappa shape index (κ3) is 9.94. The summed E-state index contributed by atoms with van der Waals surface area (Å²) in [5.41, 5.74) is 12.7. The zero-order valence-corrected chi connectivity index (χ0v) is 34.7. The number of hydrogen-bond acceptors (Lipinski definition) is 11. The molecule has 5 N–H and O–H groups in total. The quantitative estimate of drug-likeness (QED) is 0.101. The molecule has 15 nitrogen and oxygen atoms in total. The van der Waals surface area contributed by atoms with Crippen molar-refractivity contribution in [2.24, 2.45) is 11.7 Å². The fourth-order valence-electron chi connectivity index (χ4n) is 7.98. The highest BCUT2D eigenvalue weighted by Gasteiger charge is 2.27. The predicted molar refractivity (Wildman–Crippen MR) is 237 cm³/mol. The molecule has 5 amide bonds. The lowest BCUT2D eigenvalue weighted by atomic mass is 9.94. The molecular formula is C45H47ClFN11O4. The van der Waals surface area contributed by atoms with E-state index in [-0.39, 0.29) is 29.6 Å². The number of halogens is 2. The number of hydrogen-bond donors (Lipinski definition) is 4. The Morgan fingerprint density at radius 3 is 2.19 bits per heavy atom. The summed E-state index contributed by atoms with van der Waals surface area (Å²) in [6.45, 7) is 6.82. The second-order valence-corrected chi connectivity index (χ2v) is 15.9. The number of nitrogens with two attached hydrogens (primary N) is 1. The first-order valence-corrected chi connectivity index (χ1v) is 21.0. The van der Waals surface area contributed by atoms with Crippen LogP contribution < -0.4 is 36.5 Å². The van der Waals surface area contributed by atoms with Gasteiger partial charge in [-0.15, -0.1) is 0 Å². The van der Waals surface area contributed by atoms with Crippen LogP contribution in [0.1, 0.15) is 46.4 Å². The fourth-order valence-corrected chi connectivity index (χ4v) is 8.20. The minimum absolute atomic E-state index is 0.0755. The van der Waals surface area contributed by atoms with Crippen LogP contribution >= 0.6 is 11.6 Å². The Kier molecular flexibility index (Phi) is 12.9. The van der Waals surface area contributed by atoms with Crippen LogP contribution in [0, 0.1) is 11.7 Å². The number of piperazine rings is 1. The lowest BCUT2D eigenvalue weighted by molar-refractivity contribution is -0.120. The molecule has 1 aromatic heterocycles. The van der Waals surface area contributed by atoms with Gasteiger partial charge in [-0.25, -0.2) is 19.2 Å². The summed E-state index contributed by atoms with van der Waals surface area (Å²) in [7, 11) is 0. The Bertz CT molecular complexity index is 2410. The number of imide groups is 1. The van der Waals surface area contributed by atoms with Crippen molar-refractivity contribution in [3.8, 4) is 0 Å². The van der Waals surface area contributed by atoms with Gasteiger partial charge in [0.15, 0.2) is 11.6 Å². The van der Waals surface area contributed by atoms with Crippen molar-refractivity contribution in [3.63, 3.8) is 0 Å². The van der Waals surface area contributed by atoms with Crippen molar-refractivity contribution >= 4 is 75.6 Å². The van der Waals surface area contributed by atoms with E-state index in [1.54, 1.807) is 77.7 Å². The predicted octanol–water partition coefficient (Wildman–Crippen LogP) is 6.60. The summed E-state index contributed by atoms with van der Waals surface area (Å²) >= 11 is 6.56. The standard InChI is InChI=1S/C45H47ClFN11O4/c46-37-3-1-2-4-39(37)58(36-11-7-31(8-12-36)41(48)60)42-38(47)29-49-44(52-42)50-33-9-5-32(6-10-33)43(61)53-56-22-18-30(19-23-56)17-21-54-25-27-55(28-26-54)34-13-15-35(16-14-34)57-24-20-40(59)51-45(57)62/h1-16,29-30H,17-28H2,(H2,48,60)(H,53,61)(H,49,50,52)(H,51,59,62). The molecule has 3 saturated heterocycles. The van der Waals surface area contributed by atoms with Gasteiger partial charge in [0, 0.05) is 86.1 Å². The summed E-state index contributed by atoms with van der Waals surface area (Å²) in [4.78, 5) is 65.3. The van der Waals surface area contributed by atoms with Gasteiger partial charge < -0.3 is 16.0 Å². The molecule has 3 aliphatic rings. The van der Waals surface area contributed by atoms with Gasteiger partial charge in [-0.1, -0.05) is 23.7 Å². The van der Waals surface area contributed by atoms with Crippen molar-refractivity contribution in [2.75, 3.05) is 72.4 Å². The number of carbonyl (C=O) groups is 4. The Labute approximate surface area is 363 Å². The minimum Gasteiger partial charge on any atom is -0.369 e. The van der Waals surface area contributed by atoms with Crippen molar-refractivity contribution in [2.45, 2.75) is 25.7 Å². The fraction of sp³-hybridized carbons (Fsp3) is 0.289. The maximum absolute atomic E-state index is 15.5. The monoisotopic (exact) mass is 859 g/mol. The summed E-state index contributed by atoms with van der Waals surface area (Å²) in [5.74, 6) is -1.10. The van der Waals surface area contributed by atoms with Crippen LogP contribution in [0.5, 0.6) is 0 Å². The number of benzene rings is 4. The van der Waals surface area contributed by atoms with E-state index in [9.17, 15) is 19.2 Å². The number of anilines is 7. The van der Waals surface area contributed by atoms with Gasteiger partial charge in [0.25, 0.3) is 5.91 Å². The third-order valence-corrected chi connectivity index (χ3v) is 11.8. The van der Waals surface area contributed by atoms with Gasteiger partial charge >= 0.3 is 6.03 Å². The van der Waals surface area contributed by atoms with Gasteiger partial charge in [0.2, 0.25) is 17.8 Å². The molecule has 4 heterocycles. The van der Waals surface area contributed by atoms with E-state index in [0.29, 0.717) is 52.1 Å². The van der Waals surface area contributed by atoms with E-state index in [2.05, 4.69) is 35.8 Å². The van der Waals surface area contributed by atoms with Gasteiger partial charge in [-0.3, -0.25) is 39.8 Å².